The SMILES string of the molecule is CCOC=C1C(=O)N(c2ccccc2C(F)(F)F)C(=O)c2cc(OC)ccc21. The first-order valence-corrected chi connectivity index (χ1v) is 8.34. The molecule has 1 aliphatic heterocycles. The van der Waals surface area contributed by atoms with E-state index >= 15 is 0 Å². The number of para-hydroxylation sites is 1. The average Bonchev–Trinajstić information content (AvgIpc) is 2.67. The molecule has 0 saturated carbocycles. The van der Waals surface area contributed by atoms with E-state index in [9.17, 15) is 22.8 Å². The van der Waals surface area contributed by atoms with E-state index in [0.29, 0.717) is 10.6 Å². The Balaban J connectivity index is 2.24. The molecular weight excluding hydrogens is 375 g/mol. The van der Waals surface area contributed by atoms with Crippen LogP contribution in [0.5, 0.6) is 5.75 Å². The number of hydrogen-bond donors (Lipinski definition) is 0. The van der Waals surface area contributed by atoms with Gasteiger partial charge in [0.25, 0.3) is 11.8 Å². The number of carbonyl (C=O) groups excluding carboxylic acids is 2. The summed E-state index contributed by atoms with van der Waals surface area (Å²) in [7, 11) is 1.40. The van der Waals surface area contributed by atoms with Crippen molar-refractivity contribution in [2.75, 3.05) is 18.6 Å². The maximum atomic E-state index is 13.5. The highest BCUT2D eigenvalue weighted by Crippen LogP contribution is 2.40. The lowest BCUT2D eigenvalue weighted by molar-refractivity contribution is -0.137. The zero-order valence-electron chi connectivity index (χ0n) is 15.0. The first kappa shape index (κ1) is 19.5. The van der Waals surface area contributed by atoms with Gasteiger partial charge < -0.3 is 9.47 Å². The maximum absolute atomic E-state index is 13.5. The van der Waals surface area contributed by atoms with Crippen molar-refractivity contribution in [3.05, 3.63) is 65.4 Å². The smallest absolute Gasteiger partial charge is 0.418 e. The van der Waals surface area contributed by atoms with E-state index in [0.717, 1.165) is 18.4 Å². The van der Waals surface area contributed by atoms with Crippen LogP contribution in [0.3, 0.4) is 0 Å². The van der Waals surface area contributed by atoms with Crippen molar-refractivity contribution in [3.8, 4) is 5.75 Å². The second-order valence-electron chi connectivity index (χ2n) is 5.86. The number of fused-ring (bicyclic) bond motifs is 1. The molecule has 0 aliphatic carbocycles. The van der Waals surface area contributed by atoms with Crippen molar-refractivity contribution in [1.29, 1.82) is 0 Å². The molecule has 3 rings (SSSR count). The molecule has 2 aromatic rings. The summed E-state index contributed by atoms with van der Waals surface area (Å²) in [6.45, 7) is 1.94. The standard InChI is InChI=1S/C20H16F3NO4/c1-3-28-11-15-13-9-8-12(27-2)10-14(13)18(25)24(19(15)26)17-7-5-4-6-16(17)20(21,22)23/h4-11H,3H2,1-2H3. The van der Waals surface area contributed by atoms with Gasteiger partial charge in [0.15, 0.2) is 0 Å². The molecule has 0 unspecified atom stereocenters. The van der Waals surface area contributed by atoms with Crippen LogP contribution in [0.2, 0.25) is 0 Å². The topological polar surface area (TPSA) is 55.8 Å². The summed E-state index contributed by atoms with van der Waals surface area (Å²) in [5, 5.41) is 0. The minimum atomic E-state index is -4.74. The van der Waals surface area contributed by atoms with Crippen LogP contribution in [0.4, 0.5) is 18.9 Å². The van der Waals surface area contributed by atoms with Gasteiger partial charge in [-0.3, -0.25) is 9.59 Å². The van der Waals surface area contributed by atoms with Gasteiger partial charge in [-0.15, -0.1) is 0 Å². The van der Waals surface area contributed by atoms with Crippen LogP contribution in [0, 0.1) is 0 Å². The van der Waals surface area contributed by atoms with E-state index in [-0.39, 0.29) is 23.3 Å². The lowest BCUT2D eigenvalue weighted by Crippen LogP contribution is -2.43. The molecule has 0 saturated heterocycles. The Bertz CT molecular complexity index is 966. The van der Waals surface area contributed by atoms with Crippen molar-refractivity contribution >= 4 is 23.1 Å². The number of hydrogen-bond acceptors (Lipinski definition) is 4. The Labute approximate surface area is 159 Å². The van der Waals surface area contributed by atoms with Gasteiger partial charge in [0.2, 0.25) is 0 Å². The van der Waals surface area contributed by atoms with E-state index in [1.807, 2.05) is 0 Å². The summed E-state index contributed by atoms with van der Waals surface area (Å²) < 4.78 is 50.7. The minimum absolute atomic E-state index is 0.0175. The molecule has 28 heavy (non-hydrogen) atoms. The van der Waals surface area contributed by atoms with Crippen molar-refractivity contribution < 1.29 is 32.2 Å². The van der Waals surface area contributed by atoms with Gasteiger partial charge in [0.1, 0.15) is 5.75 Å². The molecule has 5 nitrogen and oxygen atoms in total. The largest absolute Gasteiger partial charge is 0.501 e. The number of ether oxygens (including phenoxy) is 2. The lowest BCUT2D eigenvalue weighted by Gasteiger charge is -2.30. The van der Waals surface area contributed by atoms with Crippen LogP contribution in [-0.2, 0) is 15.7 Å². The summed E-state index contributed by atoms with van der Waals surface area (Å²) in [6.07, 6.45) is -3.58. The van der Waals surface area contributed by atoms with Gasteiger partial charge in [0, 0.05) is 5.56 Å². The Hall–Kier alpha value is -3.29. The first-order chi connectivity index (χ1) is 13.3. The third-order valence-electron chi connectivity index (χ3n) is 4.20. The summed E-state index contributed by atoms with van der Waals surface area (Å²) >= 11 is 0. The summed E-state index contributed by atoms with van der Waals surface area (Å²) in [4.78, 5) is 26.5. The Kier molecular flexibility index (Phi) is 5.13. The molecular formula is C20H16F3NO4. The van der Waals surface area contributed by atoms with Crippen LogP contribution >= 0.6 is 0 Å². The molecule has 0 radical (unpaired) electrons. The number of rotatable bonds is 4. The fourth-order valence-corrected chi connectivity index (χ4v) is 2.92. The lowest BCUT2D eigenvalue weighted by atomic mass is 9.93. The molecule has 0 fully saturated rings. The predicted octanol–water partition coefficient (Wildman–Crippen LogP) is 4.28. The highest BCUT2D eigenvalue weighted by molar-refractivity contribution is 6.41. The second kappa shape index (κ2) is 7.38. The molecule has 0 atom stereocenters. The second-order valence-corrected chi connectivity index (χ2v) is 5.86. The Morgan fingerprint density at radius 3 is 2.39 bits per heavy atom. The highest BCUT2D eigenvalue weighted by Gasteiger charge is 2.42. The molecule has 0 bridgehead atoms. The number of anilines is 1. The molecule has 146 valence electrons. The monoisotopic (exact) mass is 391 g/mol. The highest BCUT2D eigenvalue weighted by atomic mass is 19.4. The van der Waals surface area contributed by atoms with E-state index in [1.165, 1.54) is 31.4 Å². The van der Waals surface area contributed by atoms with Gasteiger partial charge in [-0.2, -0.15) is 13.2 Å². The fourth-order valence-electron chi connectivity index (χ4n) is 2.92. The molecule has 8 heteroatoms. The predicted molar refractivity (Wildman–Crippen MR) is 95.9 cm³/mol. The third-order valence-corrected chi connectivity index (χ3v) is 4.20. The van der Waals surface area contributed by atoms with Crippen molar-refractivity contribution in [2.24, 2.45) is 0 Å². The van der Waals surface area contributed by atoms with Gasteiger partial charge in [-0.1, -0.05) is 12.1 Å². The van der Waals surface area contributed by atoms with Crippen molar-refractivity contribution in [1.82, 2.24) is 0 Å². The molecule has 0 aromatic heterocycles. The van der Waals surface area contributed by atoms with E-state index in [2.05, 4.69) is 0 Å². The van der Waals surface area contributed by atoms with Gasteiger partial charge in [-0.25, -0.2) is 4.90 Å². The molecule has 1 aliphatic rings. The van der Waals surface area contributed by atoms with Crippen LogP contribution < -0.4 is 9.64 Å². The molecule has 2 amide bonds. The molecule has 1 heterocycles. The Morgan fingerprint density at radius 2 is 1.75 bits per heavy atom. The number of amides is 2. The van der Waals surface area contributed by atoms with Crippen molar-refractivity contribution in [3.63, 3.8) is 0 Å². The van der Waals surface area contributed by atoms with Crippen LogP contribution in [0.15, 0.2) is 48.7 Å². The fraction of sp³-hybridized carbons (Fsp3) is 0.200. The summed E-state index contributed by atoms with van der Waals surface area (Å²) in [5.74, 6) is -1.43. The van der Waals surface area contributed by atoms with Crippen LogP contribution in [0.1, 0.15) is 28.4 Å². The molecule has 0 N–H and O–H groups in total. The Morgan fingerprint density at radius 1 is 1.04 bits per heavy atom. The number of imide groups is 1. The van der Waals surface area contributed by atoms with Gasteiger partial charge >= 0.3 is 6.18 Å². The summed E-state index contributed by atoms with van der Waals surface area (Å²) in [6, 6.07) is 8.87. The number of carbonyl (C=O) groups is 2. The van der Waals surface area contributed by atoms with Gasteiger partial charge in [0.05, 0.1) is 42.4 Å². The molecule has 0 spiro atoms. The normalized spacial score (nSPS) is 15.6. The van der Waals surface area contributed by atoms with Crippen LogP contribution in [0.25, 0.3) is 5.57 Å². The zero-order chi connectivity index (χ0) is 20.5. The molecule has 2 aromatic carbocycles. The minimum Gasteiger partial charge on any atom is -0.501 e. The van der Waals surface area contributed by atoms with Crippen LogP contribution in [-0.4, -0.2) is 25.5 Å². The third kappa shape index (κ3) is 3.33. The quantitative estimate of drug-likeness (QED) is 0.444. The van der Waals surface area contributed by atoms with E-state index < -0.39 is 29.2 Å². The maximum Gasteiger partial charge on any atom is 0.418 e. The number of methoxy groups -OCH3 is 1. The number of halogens is 3. The summed E-state index contributed by atoms with van der Waals surface area (Å²) in [5.41, 5.74) is -1.33. The number of nitrogens with zero attached hydrogens (tertiary/aromatic N) is 1. The van der Waals surface area contributed by atoms with Crippen molar-refractivity contribution in [2.45, 2.75) is 13.1 Å². The number of alkyl halides is 3. The van der Waals surface area contributed by atoms with E-state index in [4.69, 9.17) is 9.47 Å². The average molecular weight is 391 g/mol. The van der Waals surface area contributed by atoms with Gasteiger partial charge in [-0.05, 0) is 37.3 Å². The zero-order valence-corrected chi connectivity index (χ0v) is 15.0. The first-order valence-electron chi connectivity index (χ1n) is 8.34. The number of benzene rings is 2. The van der Waals surface area contributed by atoms with E-state index in [1.54, 1.807) is 13.0 Å².